The molecular weight excluding hydrogens is 398 g/mol. The third-order valence-electron chi connectivity index (χ3n) is 5.52. The van der Waals surface area contributed by atoms with Crippen molar-refractivity contribution in [2.75, 3.05) is 0 Å². The Hall–Kier alpha value is -3.68. The molecule has 0 aromatic heterocycles. The van der Waals surface area contributed by atoms with Crippen LogP contribution in [0.25, 0.3) is 0 Å². The van der Waals surface area contributed by atoms with Gasteiger partial charge in [-0.15, -0.1) is 0 Å². The van der Waals surface area contributed by atoms with Crippen LogP contribution in [-0.4, -0.2) is 34.8 Å². The summed E-state index contributed by atoms with van der Waals surface area (Å²) in [6.45, 7) is 2.71. The maximum atomic E-state index is 12.8. The van der Waals surface area contributed by atoms with Crippen molar-refractivity contribution >= 4 is 23.8 Å². The number of nitrogens with zero attached hydrogens (tertiary/aromatic N) is 1. The first-order valence-corrected chi connectivity index (χ1v) is 10.1. The Labute approximate surface area is 179 Å². The van der Waals surface area contributed by atoms with E-state index < -0.39 is 18.0 Å². The summed E-state index contributed by atoms with van der Waals surface area (Å²) in [7, 11) is 0. The lowest BCUT2D eigenvalue weighted by Crippen LogP contribution is -2.52. The number of carbonyl (C=O) groups excluding carboxylic acids is 4. The minimum atomic E-state index is -0.643. The highest BCUT2D eigenvalue weighted by Gasteiger charge is 2.39. The summed E-state index contributed by atoms with van der Waals surface area (Å²) < 4.78 is 5.22. The number of benzene rings is 2. The van der Waals surface area contributed by atoms with E-state index >= 15 is 0 Å². The molecule has 2 N–H and O–H groups in total. The fourth-order valence-corrected chi connectivity index (χ4v) is 3.77. The zero-order valence-electron chi connectivity index (χ0n) is 17.1. The third-order valence-corrected chi connectivity index (χ3v) is 5.52. The standard InChI is InChI=1S/C23H23N3O5/c1-14-2-4-15(5-3-14)13-31-23(30)24-11-16-6-7-17-12-26(22(29)18(17)10-16)19-8-9-20(27)25-21(19)28/h2-7,10,19H,8-9,11-13H2,1H3,(H,24,30)(H,25,27,28). The van der Waals surface area contributed by atoms with Crippen LogP contribution in [0.3, 0.4) is 0 Å². The number of hydrogen-bond donors (Lipinski definition) is 2. The number of aryl methyl sites for hydroxylation is 1. The van der Waals surface area contributed by atoms with Gasteiger partial charge in [-0.05, 0) is 36.1 Å². The van der Waals surface area contributed by atoms with Crippen molar-refractivity contribution in [1.82, 2.24) is 15.5 Å². The molecule has 0 radical (unpaired) electrons. The normalized spacial score (nSPS) is 17.9. The van der Waals surface area contributed by atoms with Gasteiger partial charge in [-0.1, -0.05) is 42.0 Å². The van der Waals surface area contributed by atoms with Gasteiger partial charge >= 0.3 is 6.09 Å². The van der Waals surface area contributed by atoms with Gasteiger partial charge in [-0.3, -0.25) is 19.7 Å². The van der Waals surface area contributed by atoms with Gasteiger partial charge in [0.25, 0.3) is 5.91 Å². The number of amides is 4. The van der Waals surface area contributed by atoms with Crippen LogP contribution in [0.4, 0.5) is 4.79 Å². The number of alkyl carbamates (subject to hydrolysis) is 1. The highest BCUT2D eigenvalue weighted by atomic mass is 16.5. The van der Waals surface area contributed by atoms with Gasteiger partial charge in [-0.2, -0.15) is 0 Å². The van der Waals surface area contributed by atoms with Gasteiger partial charge in [0.1, 0.15) is 12.6 Å². The molecule has 1 atom stereocenters. The van der Waals surface area contributed by atoms with Crippen LogP contribution in [0, 0.1) is 6.92 Å². The van der Waals surface area contributed by atoms with Gasteiger partial charge in [0.15, 0.2) is 0 Å². The lowest BCUT2D eigenvalue weighted by molar-refractivity contribution is -0.136. The number of piperidine rings is 1. The largest absolute Gasteiger partial charge is 0.445 e. The predicted octanol–water partition coefficient (Wildman–Crippen LogP) is 2.18. The van der Waals surface area contributed by atoms with Gasteiger partial charge in [0, 0.05) is 25.1 Å². The van der Waals surface area contributed by atoms with Gasteiger partial charge in [-0.25, -0.2) is 4.79 Å². The molecule has 0 saturated carbocycles. The monoisotopic (exact) mass is 421 g/mol. The first-order valence-electron chi connectivity index (χ1n) is 10.1. The average Bonchev–Trinajstić information content (AvgIpc) is 3.07. The van der Waals surface area contributed by atoms with Crippen molar-refractivity contribution in [2.24, 2.45) is 0 Å². The Kier molecular flexibility index (Phi) is 5.70. The molecule has 0 bridgehead atoms. The molecule has 4 amide bonds. The molecule has 2 aromatic carbocycles. The Morgan fingerprint density at radius 1 is 1.13 bits per heavy atom. The number of nitrogens with one attached hydrogen (secondary N) is 2. The number of hydrogen-bond acceptors (Lipinski definition) is 5. The van der Waals surface area contributed by atoms with E-state index in [1.807, 2.05) is 43.3 Å². The molecule has 31 heavy (non-hydrogen) atoms. The quantitative estimate of drug-likeness (QED) is 0.720. The predicted molar refractivity (Wildman–Crippen MR) is 111 cm³/mol. The summed E-state index contributed by atoms with van der Waals surface area (Å²) in [6, 6.07) is 12.5. The zero-order valence-corrected chi connectivity index (χ0v) is 17.1. The van der Waals surface area contributed by atoms with Crippen LogP contribution < -0.4 is 10.6 Å². The summed E-state index contributed by atoms with van der Waals surface area (Å²) in [6.07, 6.45) is -0.000232. The SMILES string of the molecule is Cc1ccc(COC(=O)NCc2ccc3c(c2)C(=O)N(C2CCC(=O)NC2=O)C3)cc1. The zero-order chi connectivity index (χ0) is 22.0. The Bertz CT molecular complexity index is 1050. The number of ether oxygens (including phenoxy) is 1. The molecule has 8 nitrogen and oxygen atoms in total. The van der Waals surface area contributed by atoms with Crippen LogP contribution in [0.5, 0.6) is 0 Å². The van der Waals surface area contributed by atoms with E-state index in [-0.39, 0.29) is 31.4 Å². The molecule has 1 unspecified atom stereocenters. The van der Waals surface area contributed by atoms with E-state index in [1.165, 1.54) is 4.90 Å². The van der Waals surface area contributed by atoms with E-state index in [0.29, 0.717) is 18.5 Å². The average molecular weight is 421 g/mol. The van der Waals surface area contributed by atoms with Crippen molar-refractivity contribution in [2.45, 2.75) is 45.5 Å². The Morgan fingerprint density at radius 2 is 1.87 bits per heavy atom. The van der Waals surface area contributed by atoms with E-state index in [4.69, 9.17) is 4.74 Å². The summed E-state index contributed by atoms with van der Waals surface area (Å²) in [5, 5.41) is 4.98. The van der Waals surface area contributed by atoms with Crippen LogP contribution in [-0.2, 0) is 34.0 Å². The van der Waals surface area contributed by atoms with Crippen molar-refractivity contribution in [3.05, 3.63) is 70.3 Å². The van der Waals surface area contributed by atoms with E-state index in [2.05, 4.69) is 10.6 Å². The first-order chi connectivity index (χ1) is 14.9. The molecule has 2 aliphatic rings. The maximum Gasteiger partial charge on any atom is 0.407 e. The Balaban J connectivity index is 1.33. The maximum absolute atomic E-state index is 12.8. The van der Waals surface area contributed by atoms with Crippen LogP contribution in [0.1, 0.15) is 45.5 Å². The fourth-order valence-electron chi connectivity index (χ4n) is 3.77. The minimum Gasteiger partial charge on any atom is -0.445 e. The molecule has 8 heteroatoms. The second-order valence-corrected chi connectivity index (χ2v) is 7.81. The van der Waals surface area contributed by atoms with Gasteiger partial charge in [0.2, 0.25) is 11.8 Å². The molecule has 1 fully saturated rings. The molecular formula is C23H23N3O5. The van der Waals surface area contributed by atoms with Crippen LogP contribution >= 0.6 is 0 Å². The highest BCUT2D eigenvalue weighted by Crippen LogP contribution is 2.28. The second kappa shape index (κ2) is 8.59. The third kappa shape index (κ3) is 4.58. The van der Waals surface area contributed by atoms with Gasteiger partial charge < -0.3 is 15.0 Å². The molecule has 4 rings (SSSR count). The lowest BCUT2D eigenvalue weighted by atomic mass is 10.0. The van der Waals surface area contributed by atoms with Gasteiger partial charge in [0.05, 0.1) is 0 Å². The number of fused-ring (bicyclic) bond motifs is 1. The Morgan fingerprint density at radius 3 is 2.61 bits per heavy atom. The molecule has 0 aliphatic carbocycles. The first kappa shape index (κ1) is 20.6. The molecule has 2 aliphatic heterocycles. The van der Waals surface area contributed by atoms with E-state index in [9.17, 15) is 19.2 Å². The number of imide groups is 1. The van der Waals surface area contributed by atoms with Crippen LogP contribution in [0.2, 0.25) is 0 Å². The molecule has 160 valence electrons. The van der Waals surface area contributed by atoms with E-state index in [0.717, 1.165) is 22.3 Å². The summed E-state index contributed by atoms with van der Waals surface area (Å²) >= 11 is 0. The molecule has 1 saturated heterocycles. The topological polar surface area (TPSA) is 105 Å². The minimum absolute atomic E-state index is 0.176. The van der Waals surface area contributed by atoms with Crippen molar-refractivity contribution in [3.63, 3.8) is 0 Å². The van der Waals surface area contributed by atoms with Crippen molar-refractivity contribution < 1.29 is 23.9 Å². The summed E-state index contributed by atoms with van der Waals surface area (Å²) in [4.78, 5) is 49.8. The van der Waals surface area contributed by atoms with Crippen molar-refractivity contribution in [1.29, 1.82) is 0 Å². The second-order valence-electron chi connectivity index (χ2n) is 7.81. The number of rotatable bonds is 5. The van der Waals surface area contributed by atoms with E-state index in [1.54, 1.807) is 6.07 Å². The lowest BCUT2D eigenvalue weighted by Gasteiger charge is -2.29. The highest BCUT2D eigenvalue weighted by molar-refractivity contribution is 6.05. The number of carbonyl (C=O) groups is 4. The molecule has 2 aromatic rings. The van der Waals surface area contributed by atoms with Crippen molar-refractivity contribution in [3.8, 4) is 0 Å². The molecule has 0 spiro atoms. The van der Waals surface area contributed by atoms with Crippen LogP contribution in [0.15, 0.2) is 42.5 Å². The summed E-state index contributed by atoms with van der Waals surface area (Å²) in [5.74, 6) is -0.989. The smallest absolute Gasteiger partial charge is 0.407 e. The molecule has 2 heterocycles. The summed E-state index contributed by atoms with van der Waals surface area (Å²) in [5.41, 5.74) is 4.12. The fraction of sp³-hybridized carbons (Fsp3) is 0.304.